The number of amides is 4. The van der Waals surface area contributed by atoms with Gasteiger partial charge in [-0.1, -0.05) is 42.5 Å². The number of benzene rings is 2. The van der Waals surface area contributed by atoms with Gasteiger partial charge in [0.15, 0.2) is 11.6 Å². The lowest BCUT2D eigenvalue weighted by atomic mass is 9.81. The van der Waals surface area contributed by atoms with Crippen molar-refractivity contribution in [3.8, 4) is 5.75 Å². The zero-order valence-electron chi connectivity index (χ0n) is 20.4. The van der Waals surface area contributed by atoms with Crippen LogP contribution in [0.25, 0.3) is 6.08 Å². The van der Waals surface area contributed by atoms with Crippen LogP contribution in [0, 0.1) is 5.82 Å². The SMILES string of the molecule is O=C1NC(=O)[C@@]2(C[C@@H](C(=O)NCCN3CCN(C/C=C/c4ccccc4)CC3)Oc3ccc(F)cc32)N1. The molecule has 0 aromatic heterocycles. The molecule has 194 valence electrons. The fourth-order valence-corrected chi connectivity index (χ4v) is 5.04. The second-order valence-corrected chi connectivity index (χ2v) is 9.51. The van der Waals surface area contributed by atoms with Crippen LogP contribution < -0.4 is 20.7 Å². The van der Waals surface area contributed by atoms with Gasteiger partial charge in [0, 0.05) is 57.8 Å². The number of piperazine rings is 1. The van der Waals surface area contributed by atoms with Crippen molar-refractivity contribution in [1.29, 1.82) is 0 Å². The third kappa shape index (κ3) is 5.50. The minimum Gasteiger partial charge on any atom is -0.480 e. The van der Waals surface area contributed by atoms with E-state index in [4.69, 9.17) is 4.74 Å². The molecule has 3 aliphatic rings. The number of fused-ring (bicyclic) bond motifs is 2. The largest absolute Gasteiger partial charge is 0.480 e. The summed E-state index contributed by atoms with van der Waals surface area (Å²) in [5.74, 6) is -1.37. The Morgan fingerprint density at radius 1 is 1.11 bits per heavy atom. The molecule has 0 radical (unpaired) electrons. The molecule has 2 atom stereocenters. The number of halogens is 1. The molecule has 0 bridgehead atoms. The number of urea groups is 1. The number of hydrogen-bond donors (Lipinski definition) is 3. The van der Waals surface area contributed by atoms with E-state index in [2.05, 4.69) is 50.0 Å². The van der Waals surface area contributed by atoms with Gasteiger partial charge in [0.2, 0.25) is 0 Å². The highest BCUT2D eigenvalue weighted by Crippen LogP contribution is 2.41. The lowest BCUT2D eigenvalue weighted by Crippen LogP contribution is -2.55. The molecule has 37 heavy (non-hydrogen) atoms. The summed E-state index contributed by atoms with van der Waals surface area (Å²) < 4.78 is 19.7. The molecule has 3 heterocycles. The molecule has 9 nitrogen and oxygen atoms in total. The number of imide groups is 1. The van der Waals surface area contributed by atoms with Crippen LogP contribution in [-0.4, -0.2) is 79.6 Å². The van der Waals surface area contributed by atoms with Crippen LogP contribution in [-0.2, 0) is 15.1 Å². The molecule has 4 amide bonds. The summed E-state index contributed by atoms with van der Waals surface area (Å²) in [5.41, 5.74) is -0.146. The second-order valence-electron chi connectivity index (χ2n) is 9.51. The lowest BCUT2D eigenvalue weighted by molar-refractivity contribution is -0.133. The molecule has 2 aromatic rings. The van der Waals surface area contributed by atoms with E-state index in [1.165, 1.54) is 17.7 Å². The van der Waals surface area contributed by atoms with Gasteiger partial charge in [-0.2, -0.15) is 0 Å². The van der Waals surface area contributed by atoms with E-state index in [-0.39, 0.29) is 23.6 Å². The van der Waals surface area contributed by atoms with Gasteiger partial charge < -0.3 is 15.4 Å². The van der Waals surface area contributed by atoms with Crippen LogP contribution in [0.1, 0.15) is 17.5 Å². The summed E-state index contributed by atoms with van der Waals surface area (Å²) in [7, 11) is 0. The zero-order chi connectivity index (χ0) is 25.8. The Balaban J connectivity index is 1.10. The molecule has 0 saturated carbocycles. The maximum atomic E-state index is 13.9. The molecule has 3 aliphatic heterocycles. The maximum Gasteiger partial charge on any atom is 0.322 e. The van der Waals surface area contributed by atoms with Gasteiger partial charge in [-0.25, -0.2) is 9.18 Å². The molecule has 3 N–H and O–H groups in total. The van der Waals surface area contributed by atoms with E-state index in [1.807, 2.05) is 18.2 Å². The van der Waals surface area contributed by atoms with Gasteiger partial charge >= 0.3 is 6.03 Å². The zero-order valence-corrected chi connectivity index (χ0v) is 20.4. The fraction of sp³-hybridized carbons (Fsp3) is 0.370. The predicted molar refractivity (Wildman–Crippen MR) is 135 cm³/mol. The second kappa shape index (κ2) is 10.7. The third-order valence-electron chi connectivity index (χ3n) is 7.06. The molecule has 2 fully saturated rings. The summed E-state index contributed by atoms with van der Waals surface area (Å²) in [6, 6.07) is 13.3. The Labute approximate surface area is 214 Å². The Morgan fingerprint density at radius 2 is 1.86 bits per heavy atom. The van der Waals surface area contributed by atoms with Gasteiger partial charge in [-0.15, -0.1) is 0 Å². The van der Waals surface area contributed by atoms with Crippen LogP contribution in [0.15, 0.2) is 54.6 Å². The quantitative estimate of drug-likeness (QED) is 0.491. The summed E-state index contributed by atoms with van der Waals surface area (Å²) in [6.45, 7) is 5.72. The maximum absolute atomic E-state index is 13.9. The standard InChI is InChI=1S/C27H30FN5O4/c28-20-8-9-22-21(17-20)27(25(35)30-26(36)31-27)18-23(37-22)24(34)29-10-12-33-15-13-32(14-16-33)11-4-7-19-5-2-1-3-6-19/h1-9,17,23H,10-16,18H2,(H,29,34)(H2,30,31,35,36)/b7-4+/t23-,27-/m0/s1. The lowest BCUT2D eigenvalue weighted by Gasteiger charge is -2.37. The van der Waals surface area contributed by atoms with Crippen molar-refractivity contribution in [2.45, 2.75) is 18.1 Å². The number of rotatable bonds is 7. The highest BCUT2D eigenvalue weighted by atomic mass is 19.1. The molecule has 0 aliphatic carbocycles. The Hall–Kier alpha value is -3.76. The summed E-state index contributed by atoms with van der Waals surface area (Å²) in [6.07, 6.45) is 3.19. The first kappa shape index (κ1) is 24.9. The van der Waals surface area contributed by atoms with Crippen molar-refractivity contribution in [2.75, 3.05) is 45.8 Å². The number of ether oxygens (including phenoxy) is 1. The summed E-state index contributed by atoms with van der Waals surface area (Å²) in [5, 5.41) is 7.66. The van der Waals surface area contributed by atoms with Gasteiger partial charge in [-0.3, -0.25) is 24.7 Å². The third-order valence-corrected chi connectivity index (χ3v) is 7.06. The average Bonchev–Trinajstić information content (AvgIpc) is 3.18. The first-order valence-electron chi connectivity index (χ1n) is 12.5. The number of nitrogens with zero attached hydrogens (tertiary/aromatic N) is 2. The molecule has 10 heteroatoms. The number of carbonyl (C=O) groups is 3. The van der Waals surface area contributed by atoms with Crippen LogP contribution in [0.2, 0.25) is 0 Å². The molecule has 2 saturated heterocycles. The topological polar surface area (TPSA) is 103 Å². The smallest absolute Gasteiger partial charge is 0.322 e. The van der Waals surface area contributed by atoms with Gasteiger partial charge in [0.1, 0.15) is 11.6 Å². The molecule has 0 unspecified atom stereocenters. The number of nitrogens with one attached hydrogen (secondary N) is 3. The monoisotopic (exact) mass is 507 g/mol. The van der Waals surface area contributed by atoms with Gasteiger partial charge in [0.05, 0.1) is 0 Å². The van der Waals surface area contributed by atoms with Crippen molar-refractivity contribution in [3.63, 3.8) is 0 Å². The molecule has 1 spiro atoms. The van der Waals surface area contributed by atoms with Gasteiger partial charge in [-0.05, 0) is 23.8 Å². The number of hydrogen-bond acceptors (Lipinski definition) is 6. The van der Waals surface area contributed by atoms with Gasteiger partial charge in [0.25, 0.3) is 11.8 Å². The van der Waals surface area contributed by atoms with Crippen molar-refractivity contribution in [1.82, 2.24) is 25.8 Å². The normalized spacial score (nSPS) is 24.0. The van der Waals surface area contributed by atoms with Crippen molar-refractivity contribution in [3.05, 3.63) is 71.6 Å². The minimum atomic E-state index is -1.54. The van der Waals surface area contributed by atoms with E-state index in [0.717, 1.165) is 38.8 Å². The molecule has 2 aromatic carbocycles. The van der Waals surface area contributed by atoms with E-state index in [9.17, 15) is 18.8 Å². The van der Waals surface area contributed by atoms with Crippen LogP contribution in [0.5, 0.6) is 5.75 Å². The summed E-state index contributed by atoms with van der Waals surface area (Å²) in [4.78, 5) is 42.2. The Bertz CT molecular complexity index is 1200. The molecule has 5 rings (SSSR count). The van der Waals surface area contributed by atoms with E-state index < -0.39 is 29.4 Å². The summed E-state index contributed by atoms with van der Waals surface area (Å²) >= 11 is 0. The van der Waals surface area contributed by atoms with Crippen LogP contribution >= 0.6 is 0 Å². The highest BCUT2D eigenvalue weighted by molar-refractivity contribution is 6.08. The first-order chi connectivity index (χ1) is 17.9. The van der Waals surface area contributed by atoms with E-state index in [1.54, 1.807) is 0 Å². The van der Waals surface area contributed by atoms with Crippen molar-refractivity contribution < 1.29 is 23.5 Å². The fourth-order valence-electron chi connectivity index (χ4n) is 5.04. The van der Waals surface area contributed by atoms with E-state index in [0.29, 0.717) is 13.1 Å². The number of carbonyl (C=O) groups excluding carboxylic acids is 3. The highest BCUT2D eigenvalue weighted by Gasteiger charge is 2.54. The van der Waals surface area contributed by atoms with Crippen molar-refractivity contribution >= 4 is 23.9 Å². The predicted octanol–water partition coefficient (Wildman–Crippen LogP) is 1.46. The first-order valence-corrected chi connectivity index (χ1v) is 12.5. The van der Waals surface area contributed by atoms with E-state index >= 15 is 0 Å². The van der Waals surface area contributed by atoms with Crippen molar-refractivity contribution in [2.24, 2.45) is 0 Å². The molecular weight excluding hydrogens is 477 g/mol. The Morgan fingerprint density at radius 3 is 2.59 bits per heavy atom. The Kier molecular flexibility index (Phi) is 7.20. The minimum absolute atomic E-state index is 0.123. The average molecular weight is 508 g/mol. The van der Waals surface area contributed by atoms with Crippen LogP contribution in [0.4, 0.5) is 9.18 Å². The molecular formula is C27H30FN5O4. The van der Waals surface area contributed by atoms with Crippen LogP contribution in [0.3, 0.4) is 0 Å².